The summed E-state index contributed by atoms with van der Waals surface area (Å²) in [6.07, 6.45) is -3.98. The molecule has 0 aliphatic carbocycles. The van der Waals surface area contributed by atoms with E-state index in [9.17, 15) is 13.2 Å². The standard InChI is InChI=1S/C12H8ClF3N2O/c13-11-17-6-9(12(14,15)16)10(18-11)19-7-8-4-2-1-3-5-8/h1-6H,7H2. The molecule has 7 heteroatoms. The molecule has 0 bridgehead atoms. The van der Waals surface area contributed by atoms with E-state index in [-0.39, 0.29) is 11.9 Å². The summed E-state index contributed by atoms with van der Waals surface area (Å²) in [5.74, 6) is -0.573. The lowest BCUT2D eigenvalue weighted by Gasteiger charge is -2.12. The molecule has 0 aliphatic rings. The van der Waals surface area contributed by atoms with E-state index in [0.29, 0.717) is 6.20 Å². The molecule has 0 N–H and O–H groups in total. The number of halogens is 4. The Morgan fingerprint density at radius 2 is 1.84 bits per heavy atom. The fraction of sp³-hybridized carbons (Fsp3) is 0.167. The van der Waals surface area contributed by atoms with E-state index in [4.69, 9.17) is 16.3 Å². The van der Waals surface area contributed by atoms with Gasteiger partial charge in [-0.25, -0.2) is 4.98 Å². The predicted molar refractivity (Wildman–Crippen MR) is 62.8 cm³/mol. The molecule has 2 aromatic rings. The predicted octanol–water partition coefficient (Wildman–Crippen LogP) is 3.73. The molecule has 19 heavy (non-hydrogen) atoms. The fourth-order valence-corrected chi connectivity index (χ4v) is 1.50. The van der Waals surface area contributed by atoms with E-state index in [1.807, 2.05) is 0 Å². The Morgan fingerprint density at radius 1 is 1.16 bits per heavy atom. The van der Waals surface area contributed by atoms with Gasteiger partial charge in [0.05, 0.1) is 0 Å². The van der Waals surface area contributed by atoms with Crippen molar-refractivity contribution in [3.63, 3.8) is 0 Å². The van der Waals surface area contributed by atoms with Crippen molar-refractivity contribution >= 4 is 11.6 Å². The van der Waals surface area contributed by atoms with E-state index in [1.54, 1.807) is 30.3 Å². The van der Waals surface area contributed by atoms with Crippen molar-refractivity contribution in [3.05, 3.63) is 52.9 Å². The van der Waals surface area contributed by atoms with Crippen LogP contribution in [0.15, 0.2) is 36.5 Å². The van der Waals surface area contributed by atoms with Gasteiger partial charge in [-0.3, -0.25) is 0 Å². The summed E-state index contributed by atoms with van der Waals surface area (Å²) < 4.78 is 43.2. The molecule has 0 aliphatic heterocycles. The van der Waals surface area contributed by atoms with Crippen molar-refractivity contribution in [1.82, 2.24) is 9.97 Å². The van der Waals surface area contributed by atoms with Gasteiger partial charge in [-0.2, -0.15) is 18.2 Å². The minimum atomic E-state index is -4.59. The minimum absolute atomic E-state index is 0.0305. The van der Waals surface area contributed by atoms with Crippen LogP contribution in [-0.4, -0.2) is 9.97 Å². The van der Waals surface area contributed by atoms with E-state index >= 15 is 0 Å². The maximum atomic E-state index is 12.7. The van der Waals surface area contributed by atoms with Gasteiger partial charge < -0.3 is 4.74 Å². The van der Waals surface area contributed by atoms with Crippen LogP contribution in [0.25, 0.3) is 0 Å². The molecule has 3 nitrogen and oxygen atoms in total. The third kappa shape index (κ3) is 3.57. The van der Waals surface area contributed by atoms with Gasteiger partial charge in [-0.05, 0) is 17.2 Å². The molecule has 1 aromatic heterocycles. The second-order valence-electron chi connectivity index (χ2n) is 3.63. The summed E-state index contributed by atoms with van der Waals surface area (Å²) in [6, 6.07) is 8.78. The van der Waals surface area contributed by atoms with Crippen molar-refractivity contribution in [2.45, 2.75) is 12.8 Å². The number of ether oxygens (including phenoxy) is 1. The summed E-state index contributed by atoms with van der Waals surface area (Å²) in [6.45, 7) is -0.0305. The number of benzene rings is 1. The van der Waals surface area contributed by atoms with E-state index < -0.39 is 17.6 Å². The average Bonchev–Trinajstić information content (AvgIpc) is 2.36. The van der Waals surface area contributed by atoms with Gasteiger partial charge >= 0.3 is 6.18 Å². The molecule has 0 unspecified atom stereocenters. The van der Waals surface area contributed by atoms with Crippen LogP contribution in [0.2, 0.25) is 5.28 Å². The van der Waals surface area contributed by atoms with E-state index in [1.165, 1.54) is 0 Å². The maximum absolute atomic E-state index is 12.7. The Labute approximate surface area is 112 Å². The molecule has 0 saturated heterocycles. The highest BCUT2D eigenvalue weighted by Crippen LogP contribution is 2.35. The van der Waals surface area contributed by atoms with Crippen molar-refractivity contribution in [2.75, 3.05) is 0 Å². The minimum Gasteiger partial charge on any atom is -0.472 e. The molecule has 0 radical (unpaired) electrons. The molecule has 100 valence electrons. The van der Waals surface area contributed by atoms with Crippen LogP contribution in [0, 0.1) is 0 Å². The lowest BCUT2D eigenvalue weighted by atomic mass is 10.2. The molecular formula is C12H8ClF3N2O. The molecule has 0 saturated carbocycles. The quantitative estimate of drug-likeness (QED) is 0.807. The van der Waals surface area contributed by atoms with Crippen molar-refractivity contribution in [1.29, 1.82) is 0 Å². The first-order valence-electron chi connectivity index (χ1n) is 5.23. The first kappa shape index (κ1) is 13.6. The number of hydrogen-bond donors (Lipinski definition) is 0. The van der Waals surface area contributed by atoms with Crippen molar-refractivity contribution < 1.29 is 17.9 Å². The summed E-state index contributed by atoms with van der Waals surface area (Å²) >= 11 is 5.48. The normalized spacial score (nSPS) is 11.4. The van der Waals surface area contributed by atoms with Crippen LogP contribution in [-0.2, 0) is 12.8 Å². The zero-order chi connectivity index (χ0) is 13.9. The molecule has 0 atom stereocenters. The van der Waals surface area contributed by atoms with Crippen LogP contribution in [0.3, 0.4) is 0 Å². The molecule has 0 amide bonds. The van der Waals surface area contributed by atoms with E-state index in [0.717, 1.165) is 5.56 Å². The van der Waals surface area contributed by atoms with Gasteiger partial charge in [0.2, 0.25) is 11.2 Å². The Bertz CT molecular complexity index is 561. The third-order valence-electron chi connectivity index (χ3n) is 2.25. The van der Waals surface area contributed by atoms with Crippen LogP contribution in [0.5, 0.6) is 5.88 Å². The molecule has 0 spiro atoms. The number of hydrogen-bond acceptors (Lipinski definition) is 3. The van der Waals surface area contributed by atoms with Crippen LogP contribution in [0.4, 0.5) is 13.2 Å². The summed E-state index contributed by atoms with van der Waals surface area (Å²) in [4.78, 5) is 6.78. The fourth-order valence-electron chi connectivity index (χ4n) is 1.38. The number of nitrogens with zero attached hydrogens (tertiary/aromatic N) is 2. The SMILES string of the molecule is FC(F)(F)c1cnc(Cl)nc1OCc1ccccc1. The van der Waals surface area contributed by atoms with Crippen molar-refractivity contribution in [3.8, 4) is 5.88 Å². The lowest BCUT2D eigenvalue weighted by Crippen LogP contribution is -2.11. The Morgan fingerprint density at radius 3 is 2.47 bits per heavy atom. The maximum Gasteiger partial charge on any atom is 0.423 e. The van der Waals surface area contributed by atoms with Crippen molar-refractivity contribution in [2.24, 2.45) is 0 Å². The van der Waals surface area contributed by atoms with Gasteiger partial charge in [-0.15, -0.1) is 0 Å². The highest BCUT2D eigenvalue weighted by atomic mass is 35.5. The highest BCUT2D eigenvalue weighted by molar-refractivity contribution is 6.28. The largest absolute Gasteiger partial charge is 0.472 e. The van der Waals surface area contributed by atoms with E-state index in [2.05, 4.69) is 9.97 Å². The highest BCUT2D eigenvalue weighted by Gasteiger charge is 2.36. The monoisotopic (exact) mass is 288 g/mol. The second kappa shape index (κ2) is 5.44. The number of aromatic nitrogens is 2. The Balaban J connectivity index is 2.22. The van der Waals surface area contributed by atoms with Gasteiger partial charge in [0.15, 0.2) is 0 Å². The smallest absolute Gasteiger partial charge is 0.423 e. The van der Waals surface area contributed by atoms with Gasteiger partial charge in [0.25, 0.3) is 0 Å². The summed E-state index contributed by atoms with van der Waals surface area (Å²) in [5.41, 5.74) is -0.321. The first-order chi connectivity index (χ1) is 8.97. The molecule has 0 fully saturated rings. The second-order valence-corrected chi connectivity index (χ2v) is 3.97. The number of alkyl halides is 3. The molecule has 2 rings (SSSR count). The van der Waals surface area contributed by atoms with Gasteiger partial charge in [0, 0.05) is 6.20 Å². The third-order valence-corrected chi connectivity index (χ3v) is 2.43. The zero-order valence-electron chi connectivity index (χ0n) is 9.49. The topological polar surface area (TPSA) is 35.0 Å². The van der Waals surface area contributed by atoms with Crippen LogP contribution in [0.1, 0.15) is 11.1 Å². The Kier molecular flexibility index (Phi) is 3.90. The summed E-state index contributed by atoms with van der Waals surface area (Å²) in [7, 11) is 0. The van der Waals surface area contributed by atoms with Crippen LogP contribution < -0.4 is 4.74 Å². The molecule has 1 aromatic carbocycles. The molecule has 1 heterocycles. The number of rotatable bonds is 3. The van der Waals surface area contributed by atoms with Crippen LogP contribution >= 0.6 is 11.6 Å². The molecular weight excluding hydrogens is 281 g/mol. The average molecular weight is 289 g/mol. The Hall–Kier alpha value is -1.82. The van der Waals surface area contributed by atoms with Gasteiger partial charge in [0.1, 0.15) is 12.2 Å². The zero-order valence-corrected chi connectivity index (χ0v) is 10.2. The van der Waals surface area contributed by atoms with Gasteiger partial charge in [-0.1, -0.05) is 30.3 Å². The lowest BCUT2D eigenvalue weighted by molar-refractivity contribution is -0.139. The first-order valence-corrected chi connectivity index (χ1v) is 5.61. The summed E-state index contributed by atoms with van der Waals surface area (Å²) in [5, 5.41) is -0.295.